The molecule has 7 atom stereocenters. The van der Waals surface area contributed by atoms with E-state index in [9.17, 15) is 19.2 Å². The van der Waals surface area contributed by atoms with Gasteiger partial charge in [0.1, 0.15) is 36.9 Å². The van der Waals surface area contributed by atoms with Crippen LogP contribution in [0.15, 0.2) is 0 Å². The maximum Gasteiger partial charge on any atom is 0.323 e. The molecule has 0 fully saturated rings. The van der Waals surface area contributed by atoms with Gasteiger partial charge in [0.15, 0.2) is 12.2 Å². The molecule has 0 heterocycles. The normalized spacial score (nSPS) is 15.9. The Morgan fingerprint density at radius 3 is 1.15 bits per heavy atom. The van der Waals surface area contributed by atoms with Crippen LogP contribution < -0.4 is 45.9 Å². The van der Waals surface area contributed by atoms with Gasteiger partial charge >= 0.3 is 23.9 Å². The van der Waals surface area contributed by atoms with Gasteiger partial charge in [-0.25, -0.2) is 0 Å². The topological polar surface area (TPSA) is 313 Å². The molecule has 46 heavy (non-hydrogen) atoms. The quantitative estimate of drug-likeness (QED) is 0.0268. The van der Waals surface area contributed by atoms with Crippen LogP contribution in [0.25, 0.3) is 0 Å². The van der Waals surface area contributed by atoms with E-state index in [1.807, 2.05) is 0 Å². The Hall–Kier alpha value is -2.44. The molecule has 0 saturated heterocycles. The molecule has 0 spiro atoms. The van der Waals surface area contributed by atoms with Crippen LogP contribution in [0.2, 0.25) is 0 Å². The van der Waals surface area contributed by atoms with Crippen molar-refractivity contribution in [3.05, 3.63) is 0 Å². The number of esters is 4. The molecule has 0 radical (unpaired) electrons. The Bertz CT molecular complexity index is 856. The van der Waals surface area contributed by atoms with Gasteiger partial charge in [0.2, 0.25) is 0 Å². The first-order chi connectivity index (χ1) is 22.0. The summed E-state index contributed by atoms with van der Waals surface area (Å²) >= 11 is 0. The first kappa shape index (κ1) is 43.6. The lowest BCUT2D eigenvalue weighted by molar-refractivity contribution is -0.194. The number of hydrogen-bond acceptors (Lipinski definition) is 16. The summed E-state index contributed by atoms with van der Waals surface area (Å²) < 4.78 is 22.7. The fraction of sp³-hybridized carbons (Fsp3) is 0.867. The van der Waals surface area contributed by atoms with Gasteiger partial charge < -0.3 is 64.8 Å². The largest absolute Gasteiger partial charge is 0.460 e. The van der Waals surface area contributed by atoms with Gasteiger partial charge in [-0.05, 0) is 84.0 Å². The van der Waals surface area contributed by atoms with Gasteiger partial charge in [-0.15, -0.1) is 0 Å². The standard InChI is InChI=1S/C30H62N8O8/c1-2-24(44-28(40)21(36)12-4-8-16-32)26(46-30(42)23(38)14-6-10-18-34)25(45-29(41)22(37)13-5-9-17-33)19-43-27(39)20(35)11-3-7-15-31/h20-26H,2-19,31-38H2,1H3. The number of nitrogens with two attached hydrogens (primary N) is 8. The zero-order valence-corrected chi connectivity index (χ0v) is 27.7. The van der Waals surface area contributed by atoms with Gasteiger partial charge in [-0.2, -0.15) is 0 Å². The van der Waals surface area contributed by atoms with Crippen LogP contribution in [0.3, 0.4) is 0 Å². The number of rotatable bonds is 28. The highest BCUT2D eigenvalue weighted by molar-refractivity contribution is 5.78. The third-order valence-electron chi connectivity index (χ3n) is 7.40. The molecule has 0 aliphatic heterocycles. The van der Waals surface area contributed by atoms with Crippen LogP contribution in [-0.2, 0) is 38.1 Å². The summed E-state index contributed by atoms with van der Waals surface area (Å²) in [5.41, 5.74) is 46.4. The Morgan fingerprint density at radius 1 is 0.478 bits per heavy atom. The average Bonchev–Trinajstić information content (AvgIpc) is 3.04. The van der Waals surface area contributed by atoms with Crippen LogP contribution in [0.5, 0.6) is 0 Å². The van der Waals surface area contributed by atoms with Crippen molar-refractivity contribution in [1.82, 2.24) is 0 Å². The van der Waals surface area contributed by atoms with E-state index in [0.717, 1.165) is 0 Å². The molecular weight excluding hydrogens is 600 g/mol. The summed E-state index contributed by atoms with van der Waals surface area (Å²) in [7, 11) is 0. The minimum absolute atomic E-state index is 0.116. The van der Waals surface area contributed by atoms with E-state index in [-0.39, 0.29) is 19.3 Å². The summed E-state index contributed by atoms with van der Waals surface area (Å²) in [5.74, 6) is -3.18. The molecule has 0 aliphatic rings. The summed E-state index contributed by atoms with van der Waals surface area (Å²) in [5, 5.41) is 0. The van der Waals surface area contributed by atoms with E-state index in [1.54, 1.807) is 6.92 Å². The molecule has 0 bridgehead atoms. The van der Waals surface area contributed by atoms with Gasteiger partial charge in [0, 0.05) is 0 Å². The molecule has 0 aromatic carbocycles. The van der Waals surface area contributed by atoms with E-state index in [0.29, 0.717) is 90.4 Å². The fourth-order valence-corrected chi connectivity index (χ4v) is 4.44. The number of unbranched alkanes of at least 4 members (excludes halogenated alkanes) is 4. The van der Waals surface area contributed by atoms with Crippen LogP contribution in [-0.4, -0.2) is 99.1 Å². The van der Waals surface area contributed by atoms with Crippen molar-refractivity contribution in [3.8, 4) is 0 Å². The molecule has 16 nitrogen and oxygen atoms in total. The molecule has 0 aliphatic carbocycles. The average molecular weight is 663 g/mol. The van der Waals surface area contributed by atoms with Crippen molar-refractivity contribution < 1.29 is 38.1 Å². The van der Waals surface area contributed by atoms with Crippen molar-refractivity contribution in [2.24, 2.45) is 45.9 Å². The van der Waals surface area contributed by atoms with Gasteiger partial charge in [0.05, 0.1) is 0 Å². The van der Waals surface area contributed by atoms with E-state index in [2.05, 4.69) is 0 Å². The zero-order valence-electron chi connectivity index (χ0n) is 27.7. The minimum atomic E-state index is -1.43. The lowest BCUT2D eigenvalue weighted by Gasteiger charge is -2.33. The van der Waals surface area contributed by atoms with Crippen LogP contribution in [0.4, 0.5) is 0 Å². The van der Waals surface area contributed by atoms with E-state index < -0.39 is 73.0 Å². The Labute approximate surface area is 273 Å². The number of hydrogen-bond donors (Lipinski definition) is 8. The highest BCUT2D eigenvalue weighted by atomic mass is 16.6. The third-order valence-corrected chi connectivity index (χ3v) is 7.40. The minimum Gasteiger partial charge on any atom is -0.460 e. The van der Waals surface area contributed by atoms with Crippen molar-refractivity contribution in [2.45, 2.75) is 133 Å². The second-order valence-electron chi connectivity index (χ2n) is 11.5. The second kappa shape index (κ2) is 26.6. The molecule has 7 unspecified atom stereocenters. The molecule has 16 heteroatoms. The maximum absolute atomic E-state index is 13.2. The lowest BCUT2D eigenvalue weighted by atomic mass is 10.0. The van der Waals surface area contributed by atoms with E-state index in [1.165, 1.54) is 0 Å². The summed E-state index contributed by atoms with van der Waals surface area (Å²) in [4.78, 5) is 52.0. The Kier molecular flexibility index (Phi) is 25.2. The third kappa shape index (κ3) is 18.6. The first-order valence-corrected chi connectivity index (χ1v) is 16.6. The molecule has 0 aromatic heterocycles. The number of carbonyl (C=O) groups is 4. The van der Waals surface area contributed by atoms with E-state index >= 15 is 0 Å². The van der Waals surface area contributed by atoms with Crippen LogP contribution in [0, 0.1) is 0 Å². The molecule has 0 rings (SSSR count). The fourth-order valence-electron chi connectivity index (χ4n) is 4.44. The summed E-state index contributed by atoms with van der Waals surface area (Å²) in [6, 6.07) is -4.03. The lowest BCUT2D eigenvalue weighted by Crippen LogP contribution is -2.52. The van der Waals surface area contributed by atoms with Crippen molar-refractivity contribution in [3.63, 3.8) is 0 Å². The Balaban J connectivity index is 6.29. The Morgan fingerprint density at radius 2 is 0.804 bits per heavy atom. The van der Waals surface area contributed by atoms with Crippen molar-refractivity contribution in [2.75, 3.05) is 32.8 Å². The second-order valence-corrected chi connectivity index (χ2v) is 11.5. The SMILES string of the molecule is CCC(OC(=O)C(N)CCCCN)C(OC(=O)C(N)CCCCN)C(COC(=O)C(N)CCCCN)OC(=O)C(N)CCCCN. The van der Waals surface area contributed by atoms with E-state index in [4.69, 9.17) is 64.8 Å². The highest BCUT2D eigenvalue weighted by Gasteiger charge is 2.40. The van der Waals surface area contributed by atoms with Gasteiger partial charge in [-0.3, -0.25) is 19.2 Å². The predicted molar refractivity (Wildman–Crippen MR) is 174 cm³/mol. The molecule has 0 amide bonds. The molecule has 0 aromatic rings. The summed E-state index contributed by atoms with van der Waals surface area (Å²) in [6.45, 7) is 2.85. The van der Waals surface area contributed by atoms with Gasteiger partial charge in [-0.1, -0.05) is 32.6 Å². The van der Waals surface area contributed by atoms with Crippen LogP contribution >= 0.6 is 0 Å². The zero-order chi connectivity index (χ0) is 34.9. The molecule has 16 N–H and O–H groups in total. The number of ether oxygens (including phenoxy) is 4. The maximum atomic E-state index is 13.2. The molecule has 270 valence electrons. The molecular formula is C30H62N8O8. The number of carbonyl (C=O) groups excluding carboxylic acids is 4. The van der Waals surface area contributed by atoms with Crippen molar-refractivity contribution >= 4 is 23.9 Å². The smallest absolute Gasteiger partial charge is 0.323 e. The van der Waals surface area contributed by atoms with Crippen LogP contribution in [0.1, 0.15) is 90.4 Å². The molecule has 0 saturated carbocycles. The summed E-state index contributed by atoms with van der Waals surface area (Å²) in [6.07, 6.45) is 2.25. The monoisotopic (exact) mass is 662 g/mol. The highest BCUT2D eigenvalue weighted by Crippen LogP contribution is 2.20. The van der Waals surface area contributed by atoms with Crippen molar-refractivity contribution in [1.29, 1.82) is 0 Å². The predicted octanol–water partition coefficient (Wildman–Crippen LogP) is -1.50. The first-order valence-electron chi connectivity index (χ1n) is 16.6. The van der Waals surface area contributed by atoms with Gasteiger partial charge in [0.25, 0.3) is 0 Å².